The van der Waals surface area contributed by atoms with Gasteiger partial charge in [-0.15, -0.1) is 0 Å². The second kappa shape index (κ2) is 5.05. The van der Waals surface area contributed by atoms with Gasteiger partial charge in [-0.3, -0.25) is 0 Å². The van der Waals surface area contributed by atoms with E-state index in [0.29, 0.717) is 6.04 Å². The monoisotopic (exact) mass is 330 g/mol. The molecule has 1 unspecified atom stereocenters. The highest BCUT2D eigenvalue weighted by Crippen LogP contribution is 2.34. The van der Waals surface area contributed by atoms with Crippen molar-refractivity contribution < 1.29 is 0 Å². The number of hydrogen-bond acceptors (Lipinski definition) is 2. The Hall–Kier alpha value is -1.06. The Morgan fingerprint density at radius 1 is 0.950 bits per heavy atom. The largest absolute Gasteiger partial charge is 0.369 e. The summed E-state index contributed by atoms with van der Waals surface area (Å²) in [4.78, 5) is 2.54. The van der Waals surface area contributed by atoms with Gasteiger partial charge in [0.25, 0.3) is 0 Å². The van der Waals surface area contributed by atoms with E-state index in [1.54, 1.807) is 0 Å². The summed E-state index contributed by atoms with van der Waals surface area (Å²) in [6, 6.07) is 14.6. The van der Waals surface area contributed by atoms with Gasteiger partial charge in [-0.25, -0.2) is 0 Å². The molecule has 1 saturated heterocycles. The van der Waals surface area contributed by atoms with Crippen molar-refractivity contribution in [3.8, 4) is 0 Å². The van der Waals surface area contributed by atoms with E-state index in [1.807, 2.05) is 0 Å². The SMILES string of the molecule is Brc1ccc(N2CCC(NC3CC3)C2)c2ccccc12. The zero-order valence-corrected chi connectivity index (χ0v) is 13.1. The van der Waals surface area contributed by atoms with E-state index in [-0.39, 0.29) is 0 Å². The van der Waals surface area contributed by atoms with Crippen LogP contribution in [0.2, 0.25) is 0 Å². The standard InChI is InChI=1S/C17H19BrN2/c18-16-7-8-17(15-4-2-1-3-14(15)16)20-10-9-13(11-20)19-12-5-6-12/h1-4,7-8,12-13,19H,5-6,9-11H2. The summed E-state index contributed by atoms with van der Waals surface area (Å²) in [6.45, 7) is 2.30. The van der Waals surface area contributed by atoms with Gasteiger partial charge in [0.2, 0.25) is 0 Å². The van der Waals surface area contributed by atoms with Crippen LogP contribution in [0.15, 0.2) is 40.9 Å². The third kappa shape index (κ3) is 2.33. The van der Waals surface area contributed by atoms with E-state index in [2.05, 4.69) is 62.5 Å². The van der Waals surface area contributed by atoms with Crippen molar-refractivity contribution in [3.63, 3.8) is 0 Å². The van der Waals surface area contributed by atoms with E-state index in [9.17, 15) is 0 Å². The molecule has 3 heteroatoms. The van der Waals surface area contributed by atoms with Crippen molar-refractivity contribution >= 4 is 32.4 Å². The predicted molar refractivity (Wildman–Crippen MR) is 88.4 cm³/mol. The Balaban J connectivity index is 1.63. The number of hydrogen-bond donors (Lipinski definition) is 1. The smallest absolute Gasteiger partial charge is 0.0447 e. The maximum Gasteiger partial charge on any atom is 0.0447 e. The van der Waals surface area contributed by atoms with Crippen LogP contribution in [0, 0.1) is 0 Å². The number of anilines is 1. The number of nitrogens with zero attached hydrogens (tertiary/aromatic N) is 1. The molecule has 1 aliphatic heterocycles. The van der Waals surface area contributed by atoms with E-state index in [0.717, 1.165) is 19.1 Å². The molecular formula is C17H19BrN2. The quantitative estimate of drug-likeness (QED) is 0.917. The summed E-state index contributed by atoms with van der Waals surface area (Å²) < 4.78 is 1.18. The van der Waals surface area contributed by atoms with Crippen LogP contribution >= 0.6 is 15.9 Å². The van der Waals surface area contributed by atoms with Gasteiger partial charge in [0.05, 0.1) is 0 Å². The number of rotatable bonds is 3. The molecule has 104 valence electrons. The highest BCUT2D eigenvalue weighted by atomic mass is 79.9. The van der Waals surface area contributed by atoms with Gasteiger partial charge >= 0.3 is 0 Å². The number of nitrogens with one attached hydrogen (secondary N) is 1. The van der Waals surface area contributed by atoms with Gasteiger partial charge in [-0.1, -0.05) is 40.2 Å². The van der Waals surface area contributed by atoms with E-state index >= 15 is 0 Å². The second-order valence-electron chi connectivity index (χ2n) is 5.98. The number of halogens is 1. The molecule has 4 rings (SSSR count). The van der Waals surface area contributed by atoms with Gasteiger partial charge in [0, 0.05) is 40.7 Å². The van der Waals surface area contributed by atoms with Crippen LogP contribution in [-0.4, -0.2) is 25.2 Å². The van der Waals surface area contributed by atoms with Crippen LogP contribution in [0.3, 0.4) is 0 Å². The van der Waals surface area contributed by atoms with E-state index in [1.165, 1.54) is 40.2 Å². The molecule has 2 aromatic rings. The summed E-state index contributed by atoms with van der Waals surface area (Å²) in [7, 11) is 0. The molecule has 20 heavy (non-hydrogen) atoms. The van der Waals surface area contributed by atoms with Crippen molar-refractivity contribution in [2.75, 3.05) is 18.0 Å². The maximum atomic E-state index is 3.76. The van der Waals surface area contributed by atoms with Crippen molar-refractivity contribution in [2.45, 2.75) is 31.3 Å². The van der Waals surface area contributed by atoms with E-state index < -0.39 is 0 Å². The van der Waals surface area contributed by atoms with Crippen LogP contribution < -0.4 is 10.2 Å². The summed E-state index contributed by atoms with van der Waals surface area (Å²) in [5.74, 6) is 0. The molecule has 0 bridgehead atoms. The first kappa shape index (κ1) is 12.7. The Morgan fingerprint density at radius 2 is 1.75 bits per heavy atom. The minimum absolute atomic E-state index is 0.671. The molecule has 0 spiro atoms. The lowest BCUT2D eigenvalue weighted by Crippen LogP contribution is -2.33. The van der Waals surface area contributed by atoms with Crippen molar-refractivity contribution in [1.82, 2.24) is 5.32 Å². The minimum atomic E-state index is 0.671. The topological polar surface area (TPSA) is 15.3 Å². The molecule has 1 N–H and O–H groups in total. The normalized spacial score (nSPS) is 22.6. The third-order valence-corrected chi connectivity index (χ3v) is 5.12. The average molecular weight is 331 g/mol. The lowest BCUT2D eigenvalue weighted by atomic mass is 10.1. The average Bonchev–Trinajstić information content (AvgIpc) is 3.16. The first-order chi connectivity index (χ1) is 9.81. The van der Waals surface area contributed by atoms with Gasteiger partial charge in [-0.2, -0.15) is 0 Å². The van der Waals surface area contributed by atoms with Gasteiger partial charge < -0.3 is 10.2 Å². The molecule has 2 nitrogen and oxygen atoms in total. The summed E-state index contributed by atoms with van der Waals surface area (Å²) in [6.07, 6.45) is 4.01. The Bertz CT molecular complexity index is 636. The maximum absolute atomic E-state index is 3.76. The highest BCUT2D eigenvalue weighted by Gasteiger charge is 2.29. The van der Waals surface area contributed by atoms with Crippen molar-refractivity contribution in [3.05, 3.63) is 40.9 Å². The Kier molecular flexibility index (Phi) is 3.20. The van der Waals surface area contributed by atoms with Crippen LogP contribution in [0.5, 0.6) is 0 Å². The molecule has 1 atom stereocenters. The van der Waals surface area contributed by atoms with Crippen LogP contribution in [0.1, 0.15) is 19.3 Å². The summed E-state index contributed by atoms with van der Waals surface area (Å²) >= 11 is 3.66. The van der Waals surface area contributed by atoms with Crippen LogP contribution in [0.4, 0.5) is 5.69 Å². The lowest BCUT2D eigenvalue weighted by molar-refractivity contribution is 0.548. The Morgan fingerprint density at radius 3 is 2.55 bits per heavy atom. The number of fused-ring (bicyclic) bond motifs is 1. The van der Waals surface area contributed by atoms with Crippen LogP contribution in [0.25, 0.3) is 10.8 Å². The van der Waals surface area contributed by atoms with Gasteiger partial charge in [-0.05, 0) is 36.8 Å². The molecule has 1 heterocycles. The van der Waals surface area contributed by atoms with Gasteiger partial charge in [0.15, 0.2) is 0 Å². The summed E-state index contributed by atoms with van der Waals surface area (Å²) in [5, 5.41) is 6.43. The second-order valence-corrected chi connectivity index (χ2v) is 6.84. The molecule has 0 radical (unpaired) electrons. The van der Waals surface area contributed by atoms with Crippen LogP contribution in [-0.2, 0) is 0 Å². The lowest BCUT2D eigenvalue weighted by Gasteiger charge is -2.21. The zero-order chi connectivity index (χ0) is 13.5. The minimum Gasteiger partial charge on any atom is -0.369 e. The van der Waals surface area contributed by atoms with Crippen molar-refractivity contribution in [2.24, 2.45) is 0 Å². The number of benzene rings is 2. The highest BCUT2D eigenvalue weighted by molar-refractivity contribution is 9.10. The van der Waals surface area contributed by atoms with Crippen molar-refractivity contribution in [1.29, 1.82) is 0 Å². The first-order valence-corrected chi connectivity index (χ1v) is 8.29. The molecule has 0 amide bonds. The Labute approximate surface area is 128 Å². The fourth-order valence-corrected chi connectivity index (χ4v) is 3.70. The molecular weight excluding hydrogens is 312 g/mol. The fourth-order valence-electron chi connectivity index (χ4n) is 3.22. The summed E-state index contributed by atoms with van der Waals surface area (Å²) in [5.41, 5.74) is 1.38. The molecule has 2 aromatic carbocycles. The molecule has 2 fully saturated rings. The molecule has 0 aromatic heterocycles. The fraction of sp³-hybridized carbons (Fsp3) is 0.412. The third-order valence-electron chi connectivity index (χ3n) is 4.43. The molecule has 1 saturated carbocycles. The van der Waals surface area contributed by atoms with E-state index in [4.69, 9.17) is 0 Å². The first-order valence-electron chi connectivity index (χ1n) is 7.49. The zero-order valence-electron chi connectivity index (χ0n) is 11.5. The molecule has 2 aliphatic rings. The van der Waals surface area contributed by atoms with Gasteiger partial charge in [0.1, 0.15) is 0 Å². The molecule has 1 aliphatic carbocycles. The predicted octanol–water partition coefficient (Wildman–Crippen LogP) is 3.93.